The van der Waals surface area contributed by atoms with E-state index in [-0.39, 0.29) is 4.90 Å². The molecule has 19 heavy (non-hydrogen) atoms. The maximum Gasteiger partial charge on any atom is 0.242 e. The van der Waals surface area contributed by atoms with Crippen LogP contribution >= 0.6 is 0 Å². The minimum atomic E-state index is -3.48. The molecule has 0 saturated heterocycles. The van der Waals surface area contributed by atoms with Gasteiger partial charge in [-0.25, -0.2) is 13.1 Å². The number of ether oxygens (including phenoxy) is 1. The number of nitrogens with one attached hydrogen (secondary N) is 2. The van der Waals surface area contributed by atoms with Crippen molar-refractivity contribution in [3.8, 4) is 0 Å². The number of anilines is 1. The fraction of sp³-hybridized carbons (Fsp3) is 0.538. The first-order valence-electron chi connectivity index (χ1n) is 6.47. The van der Waals surface area contributed by atoms with Gasteiger partial charge in [0.25, 0.3) is 0 Å². The van der Waals surface area contributed by atoms with E-state index >= 15 is 0 Å². The fourth-order valence-electron chi connectivity index (χ4n) is 1.77. The molecule has 1 aliphatic rings. The van der Waals surface area contributed by atoms with E-state index in [1.807, 2.05) is 0 Å². The number of benzene rings is 1. The topological polar surface area (TPSA) is 67.4 Å². The molecule has 0 aromatic heterocycles. The van der Waals surface area contributed by atoms with Gasteiger partial charge < -0.3 is 10.1 Å². The van der Waals surface area contributed by atoms with E-state index in [2.05, 4.69) is 10.0 Å². The van der Waals surface area contributed by atoms with E-state index < -0.39 is 10.0 Å². The third kappa shape index (κ3) is 4.19. The first kappa shape index (κ1) is 14.3. The molecule has 106 valence electrons. The lowest BCUT2D eigenvalue weighted by atomic mass is 10.3. The maximum atomic E-state index is 12.1. The van der Waals surface area contributed by atoms with Crippen molar-refractivity contribution < 1.29 is 13.2 Å². The first-order valence-corrected chi connectivity index (χ1v) is 7.96. The maximum absolute atomic E-state index is 12.1. The lowest BCUT2D eigenvalue weighted by molar-refractivity contribution is 0.129. The van der Waals surface area contributed by atoms with E-state index in [9.17, 15) is 8.42 Å². The van der Waals surface area contributed by atoms with Gasteiger partial charge >= 0.3 is 0 Å². The van der Waals surface area contributed by atoms with Crippen LogP contribution < -0.4 is 10.0 Å². The van der Waals surface area contributed by atoms with Crippen molar-refractivity contribution in [2.75, 3.05) is 32.1 Å². The Kier molecular flexibility index (Phi) is 4.79. The number of para-hydroxylation sites is 1. The number of hydrogen-bond donors (Lipinski definition) is 2. The van der Waals surface area contributed by atoms with Gasteiger partial charge in [-0.15, -0.1) is 0 Å². The molecule has 0 heterocycles. The van der Waals surface area contributed by atoms with Gasteiger partial charge in [0.1, 0.15) is 4.90 Å². The van der Waals surface area contributed by atoms with E-state index in [0.29, 0.717) is 24.8 Å². The molecule has 1 aromatic rings. The Bertz CT molecular complexity index is 512. The highest BCUT2D eigenvalue weighted by Crippen LogP contribution is 2.28. The molecule has 0 bridgehead atoms. The third-order valence-electron chi connectivity index (χ3n) is 3.03. The second kappa shape index (κ2) is 6.36. The summed E-state index contributed by atoms with van der Waals surface area (Å²) < 4.78 is 32.2. The van der Waals surface area contributed by atoms with Gasteiger partial charge in [0.05, 0.1) is 12.3 Å². The quantitative estimate of drug-likeness (QED) is 0.709. The lowest BCUT2D eigenvalue weighted by Crippen LogP contribution is -2.28. The van der Waals surface area contributed by atoms with Crippen molar-refractivity contribution in [3.63, 3.8) is 0 Å². The van der Waals surface area contributed by atoms with Gasteiger partial charge in [0, 0.05) is 20.2 Å². The van der Waals surface area contributed by atoms with Gasteiger partial charge in [-0.05, 0) is 30.9 Å². The molecule has 6 heteroatoms. The van der Waals surface area contributed by atoms with E-state index in [0.717, 1.165) is 6.61 Å². The Morgan fingerprint density at radius 3 is 2.74 bits per heavy atom. The molecule has 1 saturated carbocycles. The van der Waals surface area contributed by atoms with E-state index in [4.69, 9.17) is 4.74 Å². The van der Waals surface area contributed by atoms with Crippen LogP contribution in [0.2, 0.25) is 0 Å². The molecule has 1 aliphatic carbocycles. The second-order valence-electron chi connectivity index (χ2n) is 4.66. The largest absolute Gasteiger partial charge is 0.387 e. The van der Waals surface area contributed by atoms with Crippen LogP contribution in [-0.2, 0) is 14.8 Å². The summed E-state index contributed by atoms with van der Waals surface area (Å²) in [5.74, 6) is 0.696. The normalized spacial score (nSPS) is 15.4. The predicted octanol–water partition coefficient (Wildman–Crippen LogP) is 1.43. The highest BCUT2D eigenvalue weighted by molar-refractivity contribution is 7.89. The van der Waals surface area contributed by atoms with Crippen molar-refractivity contribution in [1.82, 2.24) is 4.72 Å². The summed E-state index contributed by atoms with van der Waals surface area (Å²) in [5, 5.41) is 2.88. The Labute approximate surface area is 114 Å². The predicted molar refractivity (Wildman–Crippen MR) is 74.7 cm³/mol. The van der Waals surface area contributed by atoms with Gasteiger partial charge in [0.15, 0.2) is 0 Å². The highest BCUT2D eigenvalue weighted by atomic mass is 32.2. The average Bonchev–Trinajstić information content (AvgIpc) is 3.22. The Morgan fingerprint density at radius 2 is 2.05 bits per heavy atom. The minimum absolute atomic E-state index is 0.264. The van der Waals surface area contributed by atoms with Crippen LogP contribution in [0.4, 0.5) is 5.69 Å². The molecule has 0 unspecified atom stereocenters. The van der Waals surface area contributed by atoms with Crippen LogP contribution in [0.5, 0.6) is 0 Å². The average molecular weight is 284 g/mol. The summed E-state index contributed by atoms with van der Waals surface area (Å²) in [4.78, 5) is 0.264. The molecule has 1 fully saturated rings. The van der Waals surface area contributed by atoms with Crippen molar-refractivity contribution >= 4 is 15.7 Å². The second-order valence-corrected chi connectivity index (χ2v) is 6.40. The molecule has 0 aliphatic heterocycles. The van der Waals surface area contributed by atoms with Gasteiger partial charge in [-0.1, -0.05) is 12.1 Å². The summed E-state index contributed by atoms with van der Waals surface area (Å²) in [6.45, 7) is 1.46. The smallest absolute Gasteiger partial charge is 0.242 e. The number of rotatable bonds is 8. The zero-order valence-corrected chi connectivity index (χ0v) is 11.9. The molecule has 0 atom stereocenters. The summed E-state index contributed by atoms with van der Waals surface area (Å²) in [7, 11) is -1.78. The Hall–Kier alpha value is -1.11. The van der Waals surface area contributed by atoms with Crippen molar-refractivity contribution in [3.05, 3.63) is 24.3 Å². The van der Waals surface area contributed by atoms with Crippen LogP contribution in [0.25, 0.3) is 0 Å². The molecule has 0 spiro atoms. The Morgan fingerprint density at radius 1 is 1.32 bits per heavy atom. The van der Waals surface area contributed by atoms with Gasteiger partial charge in [-0.3, -0.25) is 0 Å². The third-order valence-corrected chi connectivity index (χ3v) is 4.55. The summed E-state index contributed by atoms with van der Waals surface area (Å²) >= 11 is 0. The molecule has 2 rings (SSSR count). The summed E-state index contributed by atoms with van der Waals surface area (Å²) in [6.07, 6.45) is 2.47. The molecular formula is C13H20N2O3S. The standard InChI is InChI=1S/C13H20N2O3S/c1-14-12-4-2-3-5-13(12)19(16,17)15-8-9-18-10-11-6-7-11/h2-5,11,14-15H,6-10H2,1H3. The summed E-state index contributed by atoms with van der Waals surface area (Å²) in [6, 6.07) is 6.82. The molecule has 2 N–H and O–H groups in total. The minimum Gasteiger partial charge on any atom is -0.387 e. The van der Waals surface area contributed by atoms with E-state index in [1.54, 1.807) is 31.3 Å². The lowest BCUT2D eigenvalue weighted by Gasteiger charge is -2.11. The molecule has 0 radical (unpaired) electrons. The van der Waals surface area contributed by atoms with Crippen LogP contribution in [0.1, 0.15) is 12.8 Å². The fourth-order valence-corrected chi connectivity index (χ4v) is 2.99. The highest BCUT2D eigenvalue weighted by Gasteiger charge is 2.21. The van der Waals surface area contributed by atoms with Crippen LogP contribution in [0.3, 0.4) is 0 Å². The van der Waals surface area contributed by atoms with E-state index in [1.165, 1.54) is 12.8 Å². The zero-order chi connectivity index (χ0) is 13.7. The van der Waals surface area contributed by atoms with Crippen LogP contribution in [-0.4, -0.2) is 35.2 Å². The number of hydrogen-bond acceptors (Lipinski definition) is 4. The van der Waals surface area contributed by atoms with Crippen LogP contribution in [0, 0.1) is 5.92 Å². The van der Waals surface area contributed by atoms with Crippen molar-refractivity contribution in [2.24, 2.45) is 5.92 Å². The van der Waals surface area contributed by atoms with Gasteiger partial charge in [-0.2, -0.15) is 0 Å². The van der Waals surface area contributed by atoms with Gasteiger partial charge in [0.2, 0.25) is 10.0 Å². The number of sulfonamides is 1. The molecule has 5 nitrogen and oxygen atoms in total. The molecule has 1 aromatic carbocycles. The molecular weight excluding hydrogens is 264 g/mol. The SMILES string of the molecule is CNc1ccccc1S(=O)(=O)NCCOCC1CC1. The first-order chi connectivity index (χ1) is 9.13. The van der Waals surface area contributed by atoms with Crippen molar-refractivity contribution in [1.29, 1.82) is 0 Å². The monoisotopic (exact) mass is 284 g/mol. The zero-order valence-electron chi connectivity index (χ0n) is 11.1. The van der Waals surface area contributed by atoms with Crippen molar-refractivity contribution in [2.45, 2.75) is 17.7 Å². The molecule has 0 amide bonds. The Balaban J connectivity index is 1.86. The summed E-state index contributed by atoms with van der Waals surface area (Å²) in [5.41, 5.74) is 0.592. The van der Waals surface area contributed by atoms with Crippen LogP contribution in [0.15, 0.2) is 29.2 Å².